The zero-order valence-corrected chi connectivity index (χ0v) is 7.58. The number of aliphatic hydroxyl groups excluding tert-OH is 1. The molecule has 0 aliphatic carbocycles. The van der Waals surface area contributed by atoms with Gasteiger partial charge in [-0.1, -0.05) is 0 Å². The van der Waals surface area contributed by atoms with E-state index < -0.39 is 27.6 Å². The van der Waals surface area contributed by atoms with Gasteiger partial charge >= 0.3 is 5.97 Å². The molecule has 0 saturated carbocycles. The number of esters is 1. The molecule has 2 N–H and O–H groups in total. The molecule has 0 aromatic heterocycles. The molecule has 0 fully saturated rings. The van der Waals surface area contributed by atoms with E-state index in [0.29, 0.717) is 0 Å². The van der Waals surface area contributed by atoms with Gasteiger partial charge in [0.05, 0.1) is 12.4 Å². The lowest BCUT2D eigenvalue weighted by molar-refractivity contribution is -0.141. The molecule has 0 aliphatic rings. The Morgan fingerprint density at radius 3 is 2.38 bits per heavy atom. The van der Waals surface area contributed by atoms with Crippen LogP contribution in [0, 0.1) is 0 Å². The number of hydrogen-bond donors (Lipinski definition) is 2. The van der Waals surface area contributed by atoms with Crippen molar-refractivity contribution >= 4 is 16.1 Å². The first-order valence-corrected chi connectivity index (χ1v) is 4.94. The maximum atomic E-state index is 10.5. The smallest absolute Gasteiger partial charge is 0.372 e. The SMILES string of the molecule is C=C(O)C(=O)OCCCS(=O)(=O)O. The molecule has 13 heavy (non-hydrogen) atoms. The first-order valence-electron chi connectivity index (χ1n) is 3.33. The summed E-state index contributed by atoms with van der Waals surface area (Å²) in [7, 11) is -4.02. The molecule has 0 radical (unpaired) electrons. The van der Waals surface area contributed by atoms with Crippen molar-refractivity contribution in [2.75, 3.05) is 12.4 Å². The molecule has 0 aliphatic heterocycles. The number of rotatable bonds is 5. The van der Waals surface area contributed by atoms with E-state index in [0.717, 1.165) is 0 Å². The highest BCUT2D eigenvalue weighted by molar-refractivity contribution is 7.85. The van der Waals surface area contributed by atoms with Crippen molar-refractivity contribution < 1.29 is 27.6 Å². The Kier molecular flexibility index (Phi) is 4.43. The quantitative estimate of drug-likeness (QED) is 0.216. The Morgan fingerprint density at radius 1 is 1.46 bits per heavy atom. The van der Waals surface area contributed by atoms with Gasteiger partial charge in [-0.3, -0.25) is 4.55 Å². The van der Waals surface area contributed by atoms with Crippen molar-refractivity contribution in [1.29, 1.82) is 0 Å². The summed E-state index contributed by atoms with van der Waals surface area (Å²) >= 11 is 0. The predicted octanol–water partition coefficient (Wildman–Crippen LogP) is -0.121. The third kappa shape index (κ3) is 7.29. The van der Waals surface area contributed by atoms with Crippen molar-refractivity contribution in [3.63, 3.8) is 0 Å². The minimum atomic E-state index is -4.02. The summed E-state index contributed by atoms with van der Waals surface area (Å²) in [6.07, 6.45) is -0.0299. The van der Waals surface area contributed by atoms with Crippen LogP contribution in [0.1, 0.15) is 6.42 Å². The monoisotopic (exact) mass is 210 g/mol. The summed E-state index contributed by atoms with van der Waals surface area (Å²) in [5, 5.41) is 8.44. The summed E-state index contributed by atoms with van der Waals surface area (Å²) < 4.78 is 32.9. The molecule has 6 nitrogen and oxygen atoms in total. The summed E-state index contributed by atoms with van der Waals surface area (Å²) in [5.74, 6) is -2.24. The fourth-order valence-corrected chi connectivity index (χ4v) is 0.972. The summed E-state index contributed by atoms with van der Waals surface area (Å²) in [6, 6.07) is 0. The standard InChI is InChI=1S/C6H10O6S/c1-5(7)6(8)12-3-2-4-13(9,10)11/h7H,1-4H2,(H,9,10,11). The predicted molar refractivity (Wildman–Crippen MR) is 43.8 cm³/mol. The number of hydrogen-bond acceptors (Lipinski definition) is 5. The van der Waals surface area contributed by atoms with E-state index in [4.69, 9.17) is 9.66 Å². The molecular formula is C6H10O6S. The van der Waals surface area contributed by atoms with Gasteiger partial charge in [0.2, 0.25) is 0 Å². The van der Waals surface area contributed by atoms with Crippen LogP contribution in [-0.4, -0.2) is 36.4 Å². The lowest BCUT2D eigenvalue weighted by Gasteiger charge is -2.01. The highest BCUT2D eigenvalue weighted by Crippen LogP contribution is 1.93. The first-order chi connectivity index (χ1) is 5.83. The van der Waals surface area contributed by atoms with Gasteiger partial charge in [-0.15, -0.1) is 0 Å². The third-order valence-electron chi connectivity index (χ3n) is 1.02. The van der Waals surface area contributed by atoms with Gasteiger partial charge in [-0.25, -0.2) is 4.79 Å². The zero-order valence-electron chi connectivity index (χ0n) is 6.76. The first kappa shape index (κ1) is 11.9. The van der Waals surface area contributed by atoms with Crippen molar-refractivity contribution in [2.45, 2.75) is 6.42 Å². The number of aliphatic hydroxyl groups is 1. The van der Waals surface area contributed by atoms with Gasteiger partial charge < -0.3 is 9.84 Å². The van der Waals surface area contributed by atoms with Crippen LogP contribution in [0.4, 0.5) is 0 Å². The minimum Gasteiger partial charge on any atom is -0.502 e. The molecule has 0 rings (SSSR count). The third-order valence-corrected chi connectivity index (χ3v) is 1.82. The molecule has 0 atom stereocenters. The fourth-order valence-electron chi connectivity index (χ4n) is 0.489. The van der Waals surface area contributed by atoms with E-state index >= 15 is 0 Å². The van der Waals surface area contributed by atoms with E-state index in [1.807, 2.05) is 0 Å². The van der Waals surface area contributed by atoms with E-state index in [1.54, 1.807) is 0 Å². The van der Waals surface area contributed by atoms with Crippen molar-refractivity contribution in [2.24, 2.45) is 0 Å². The van der Waals surface area contributed by atoms with Crippen LogP contribution in [0.2, 0.25) is 0 Å². The average molecular weight is 210 g/mol. The largest absolute Gasteiger partial charge is 0.502 e. The van der Waals surface area contributed by atoms with Gasteiger partial charge in [0.15, 0.2) is 5.76 Å². The normalized spacial score (nSPS) is 10.8. The Hall–Kier alpha value is -1.08. The highest BCUT2D eigenvalue weighted by atomic mass is 32.2. The topological polar surface area (TPSA) is 101 Å². The van der Waals surface area contributed by atoms with Crippen molar-refractivity contribution in [3.05, 3.63) is 12.3 Å². The van der Waals surface area contributed by atoms with Crippen LogP contribution in [0.3, 0.4) is 0 Å². The van der Waals surface area contributed by atoms with Crippen LogP contribution in [0.5, 0.6) is 0 Å². The zero-order chi connectivity index (χ0) is 10.5. The molecule has 0 aromatic carbocycles. The lowest BCUT2D eigenvalue weighted by atomic mass is 10.5. The van der Waals surface area contributed by atoms with Crippen LogP contribution in [-0.2, 0) is 19.6 Å². The molecule has 0 amide bonds. The number of carbonyl (C=O) groups is 1. The maximum Gasteiger partial charge on any atom is 0.372 e. The molecule has 7 heteroatoms. The molecule has 0 bridgehead atoms. The maximum absolute atomic E-state index is 10.5. The lowest BCUT2D eigenvalue weighted by Crippen LogP contribution is -2.11. The van der Waals surface area contributed by atoms with Crippen LogP contribution in [0.15, 0.2) is 12.3 Å². The number of ether oxygens (including phenoxy) is 1. The van der Waals surface area contributed by atoms with Gasteiger partial charge in [0, 0.05) is 0 Å². The van der Waals surface area contributed by atoms with Gasteiger partial charge in [-0.05, 0) is 13.0 Å². The minimum absolute atomic E-state index is 0.0299. The second-order valence-corrected chi connectivity index (χ2v) is 3.79. The van der Waals surface area contributed by atoms with E-state index in [1.165, 1.54) is 0 Å². The molecule has 76 valence electrons. The Labute approximate surface area is 75.6 Å². The van der Waals surface area contributed by atoms with Crippen LogP contribution >= 0.6 is 0 Å². The fraction of sp³-hybridized carbons (Fsp3) is 0.500. The summed E-state index contributed by atoms with van der Waals surface area (Å²) in [4.78, 5) is 10.5. The average Bonchev–Trinajstić information content (AvgIpc) is 1.95. The molecular weight excluding hydrogens is 200 g/mol. The molecule has 0 spiro atoms. The second kappa shape index (κ2) is 4.83. The molecule has 0 heterocycles. The van der Waals surface area contributed by atoms with Gasteiger partial charge in [0.25, 0.3) is 10.1 Å². The van der Waals surface area contributed by atoms with Gasteiger partial charge in [-0.2, -0.15) is 8.42 Å². The second-order valence-electron chi connectivity index (χ2n) is 2.22. The molecule has 0 unspecified atom stereocenters. The van der Waals surface area contributed by atoms with E-state index in [9.17, 15) is 13.2 Å². The Balaban J connectivity index is 3.59. The van der Waals surface area contributed by atoms with Crippen LogP contribution in [0.25, 0.3) is 0 Å². The number of carbonyl (C=O) groups excluding carboxylic acids is 1. The van der Waals surface area contributed by atoms with Crippen LogP contribution < -0.4 is 0 Å². The molecule has 0 saturated heterocycles. The van der Waals surface area contributed by atoms with E-state index in [2.05, 4.69) is 11.3 Å². The summed E-state index contributed by atoms with van der Waals surface area (Å²) in [5.41, 5.74) is 0. The molecule has 0 aromatic rings. The summed E-state index contributed by atoms with van der Waals surface area (Å²) in [6.45, 7) is 2.70. The Morgan fingerprint density at radius 2 is 2.00 bits per heavy atom. The highest BCUT2D eigenvalue weighted by Gasteiger charge is 2.07. The Bertz CT molecular complexity index is 290. The van der Waals surface area contributed by atoms with Crippen molar-refractivity contribution in [3.8, 4) is 0 Å². The van der Waals surface area contributed by atoms with Gasteiger partial charge in [0.1, 0.15) is 0 Å². The van der Waals surface area contributed by atoms with E-state index in [-0.39, 0.29) is 13.0 Å². The van der Waals surface area contributed by atoms with Crippen molar-refractivity contribution in [1.82, 2.24) is 0 Å².